The average molecular weight is 300 g/mol. The maximum Gasteiger partial charge on any atom is 0.116 e. The molecule has 112 valence electrons. The summed E-state index contributed by atoms with van der Waals surface area (Å²) in [7, 11) is 0. The number of fused-ring (bicyclic) bond motifs is 4. The highest BCUT2D eigenvalue weighted by molar-refractivity contribution is 6.15. The van der Waals surface area contributed by atoms with Gasteiger partial charge in [0.1, 0.15) is 5.75 Å². The lowest BCUT2D eigenvalue weighted by atomic mass is 9.93. The van der Waals surface area contributed by atoms with Gasteiger partial charge in [-0.25, -0.2) is 0 Å². The fourth-order valence-corrected chi connectivity index (χ4v) is 4.17. The van der Waals surface area contributed by atoms with Gasteiger partial charge in [-0.05, 0) is 74.1 Å². The molecule has 0 bridgehead atoms. The zero-order valence-corrected chi connectivity index (χ0v) is 12.8. The minimum Gasteiger partial charge on any atom is -0.508 e. The molecule has 0 unspecified atom stereocenters. The third-order valence-electron chi connectivity index (χ3n) is 5.20. The van der Waals surface area contributed by atoms with Crippen molar-refractivity contribution < 1.29 is 10.2 Å². The van der Waals surface area contributed by atoms with Gasteiger partial charge in [0.05, 0.1) is 6.10 Å². The first kappa shape index (κ1) is 12.9. The molecule has 0 saturated heterocycles. The van der Waals surface area contributed by atoms with E-state index in [1.54, 1.807) is 6.07 Å². The fraction of sp³-hybridized carbons (Fsp3) is 0.143. The van der Waals surface area contributed by atoms with Crippen LogP contribution in [0.2, 0.25) is 0 Å². The van der Waals surface area contributed by atoms with E-state index in [1.165, 1.54) is 21.7 Å². The van der Waals surface area contributed by atoms with Gasteiger partial charge in [-0.15, -0.1) is 0 Å². The molecule has 4 aromatic rings. The van der Waals surface area contributed by atoms with Crippen LogP contribution in [0.4, 0.5) is 0 Å². The van der Waals surface area contributed by atoms with Gasteiger partial charge < -0.3 is 10.2 Å². The van der Waals surface area contributed by atoms with E-state index in [-0.39, 0.29) is 5.75 Å². The van der Waals surface area contributed by atoms with E-state index in [0.29, 0.717) is 6.42 Å². The molecule has 0 heterocycles. The molecular formula is C21H16O2. The molecule has 0 aromatic heterocycles. The van der Waals surface area contributed by atoms with Crippen LogP contribution in [0.1, 0.15) is 22.8 Å². The Kier molecular flexibility index (Phi) is 2.38. The van der Waals surface area contributed by atoms with E-state index in [2.05, 4.69) is 37.3 Å². The quantitative estimate of drug-likeness (QED) is 0.363. The molecule has 1 atom stereocenters. The summed E-state index contributed by atoms with van der Waals surface area (Å²) in [4.78, 5) is 0. The van der Waals surface area contributed by atoms with Gasteiger partial charge in [0.15, 0.2) is 0 Å². The van der Waals surface area contributed by atoms with Crippen molar-refractivity contribution in [3.63, 3.8) is 0 Å². The summed E-state index contributed by atoms with van der Waals surface area (Å²) in [6.45, 7) is 2.07. The van der Waals surface area contributed by atoms with Crippen molar-refractivity contribution in [3.05, 3.63) is 65.2 Å². The monoisotopic (exact) mass is 300 g/mol. The van der Waals surface area contributed by atoms with E-state index in [9.17, 15) is 10.2 Å². The van der Waals surface area contributed by atoms with Crippen LogP contribution in [-0.4, -0.2) is 10.2 Å². The van der Waals surface area contributed by atoms with Gasteiger partial charge in [0, 0.05) is 6.42 Å². The lowest BCUT2D eigenvalue weighted by Crippen LogP contribution is -1.95. The van der Waals surface area contributed by atoms with Crippen LogP contribution in [0, 0.1) is 6.92 Å². The summed E-state index contributed by atoms with van der Waals surface area (Å²) >= 11 is 0. The van der Waals surface area contributed by atoms with E-state index in [0.717, 1.165) is 27.3 Å². The number of phenols is 1. The predicted octanol–water partition coefficient (Wildman–Crippen LogP) is 4.75. The van der Waals surface area contributed by atoms with Crippen molar-refractivity contribution in [1.29, 1.82) is 0 Å². The lowest BCUT2D eigenvalue weighted by molar-refractivity contribution is 0.185. The van der Waals surface area contributed by atoms with Crippen LogP contribution in [0.5, 0.6) is 5.75 Å². The number of aliphatic hydroxyl groups is 1. The molecule has 0 radical (unpaired) electrons. The van der Waals surface area contributed by atoms with Crippen molar-refractivity contribution in [2.75, 3.05) is 0 Å². The molecule has 2 heteroatoms. The van der Waals surface area contributed by atoms with Crippen molar-refractivity contribution in [2.24, 2.45) is 0 Å². The SMILES string of the molecule is Cc1ccc2cc3c(ccc4ccc(O)cc43)c3c2c1[C@@H](O)C3. The molecule has 5 rings (SSSR count). The normalized spacial score (nSPS) is 16.7. The maximum atomic E-state index is 10.5. The average Bonchev–Trinajstić information content (AvgIpc) is 2.89. The molecule has 0 aliphatic heterocycles. The number of aliphatic hydroxyl groups excluding tert-OH is 1. The summed E-state index contributed by atoms with van der Waals surface area (Å²) in [6, 6.07) is 16.2. The summed E-state index contributed by atoms with van der Waals surface area (Å²) in [5.41, 5.74) is 3.46. The van der Waals surface area contributed by atoms with Gasteiger partial charge >= 0.3 is 0 Å². The first-order chi connectivity index (χ1) is 11.1. The highest BCUT2D eigenvalue weighted by Crippen LogP contribution is 2.44. The first-order valence-corrected chi connectivity index (χ1v) is 7.92. The van der Waals surface area contributed by atoms with Crippen molar-refractivity contribution >= 4 is 32.3 Å². The maximum absolute atomic E-state index is 10.5. The molecule has 0 spiro atoms. The first-order valence-electron chi connectivity index (χ1n) is 7.92. The molecule has 2 N–H and O–H groups in total. The molecule has 0 fully saturated rings. The Morgan fingerprint density at radius 3 is 2.52 bits per heavy atom. The van der Waals surface area contributed by atoms with Crippen LogP contribution >= 0.6 is 0 Å². The molecule has 1 aliphatic carbocycles. The van der Waals surface area contributed by atoms with Crippen molar-refractivity contribution in [1.82, 2.24) is 0 Å². The number of hydrogen-bond donors (Lipinski definition) is 2. The molecule has 4 aromatic carbocycles. The summed E-state index contributed by atoms with van der Waals surface area (Å²) in [6.07, 6.45) is 0.248. The topological polar surface area (TPSA) is 40.5 Å². The molecule has 0 amide bonds. The zero-order chi connectivity index (χ0) is 15.7. The Hall–Kier alpha value is -2.58. The molecule has 23 heavy (non-hydrogen) atoms. The van der Waals surface area contributed by atoms with E-state index >= 15 is 0 Å². The highest BCUT2D eigenvalue weighted by atomic mass is 16.3. The Morgan fingerprint density at radius 2 is 1.65 bits per heavy atom. The smallest absolute Gasteiger partial charge is 0.116 e. The second-order valence-electron chi connectivity index (χ2n) is 6.54. The Labute approximate surface area is 133 Å². The van der Waals surface area contributed by atoms with E-state index < -0.39 is 6.10 Å². The molecule has 0 saturated carbocycles. The van der Waals surface area contributed by atoms with Crippen molar-refractivity contribution in [2.45, 2.75) is 19.4 Å². The summed E-state index contributed by atoms with van der Waals surface area (Å²) in [5.74, 6) is 0.283. The van der Waals surface area contributed by atoms with Crippen molar-refractivity contribution in [3.8, 4) is 5.75 Å². The second-order valence-corrected chi connectivity index (χ2v) is 6.54. The number of hydrogen-bond acceptors (Lipinski definition) is 2. The third kappa shape index (κ3) is 1.61. The Morgan fingerprint density at radius 1 is 0.870 bits per heavy atom. The van der Waals surface area contributed by atoms with Gasteiger partial charge in [-0.1, -0.05) is 30.3 Å². The second kappa shape index (κ2) is 4.24. The van der Waals surface area contributed by atoms with Crippen LogP contribution in [0.25, 0.3) is 32.3 Å². The lowest BCUT2D eigenvalue weighted by Gasteiger charge is -2.11. The number of phenolic OH excluding ortho intramolecular Hbond substituents is 1. The third-order valence-corrected chi connectivity index (χ3v) is 5.20. The highest BCUT2D eigenvalue weighted by Gasteiger charge is 2.26. The minimum atomic E-state index is -0.417. The van der Waals surface area contributed by atoms with Gasteiger partial charge in [-0.2, -0.15) is 0 Å². The number of aromatic hydroxyl groups is 1. The number of rotatable bonds is 0. The van der Waals surface area contributed by atoms with E-state index in [1.807, 2.05) is 12.1 Å². The van der Waals surface area contributed by atoms with Gasteiger partial charge in [0.2, 0.25) is 0 Å². The molecule has 1 aliphatic rings. The van der Waals surface area contributed by atoms with Gasteiger partial charge in [0.25, 0.3) is 0 Å². The minimum absolute atomic E-state index is 0.283. The molecule has 2 nitrogen and oxygen atoms in total. The Bertz CT molecular complexity index is 1130. The number of benzene rings is 4. The fourth-order valence-electron chi connectivity index (χ4n) is 4.17. The van der Waals surface area contributed by atoms with Crippen LogP contribution in [0.15, 0.2) is 48.5 Å². The van der Waals surface area contributed by atoms with E-state index in [4.69, 9.17) is 0 Å². The molecular weight excluding hydrogens is 284 g/mol. The summed E-state index contributed by atoms with van der Waals surface area (Å²) in [5, 5.41) is 27.3. The Balaban J connectivity index is 2.04. The van der Waals surface area contributed by atoms with Crippen LogP contribution in [0.3, 0.4) is 0 Å². The largest absolute Gasteiger partial charge is 0.508 e. The standard InChI is InChI=1S/C21H16O2/c1-11-2-3-13-8-17-15(18-10-19(23)20(11)21(13)18)7-5-12-4-6-14(22)9-16(12)17/h2-9,19,22-23H,10H2,1H3/t19-/m0/s1. The predicted molar refractivity (Wildman–Crippen MR) is 94.0 cm³/mol. The van der Waals surface area contributed by atoms with Gasteiger partial charge in [-0.3, -0.25) is 0 Å². The van der Waals surface area contributed by atoms with Crippen LogP contribution in [-0.2, 0) is 6.42 Å². The van der Waals surface area contributed by atoms with Crippen LogP contribution < -0.4 is 0 Å². The zero-order valence-electron chi connectivity index (χ0n) is 12.8. The summed E-state index contributed by atoms with van der Waals surface area (Å²) < 4.78 is 0. The number of aryl methyl sites for hydroxylation is 1.